The minimum Gasteiger partial charge on any atom is -0.338 e. The van der Waals surface area contributed by atoms with Crippen molar-refractivity contribution in [2.45, 2.75) is 51.2 Å². The van der Waals surface area contributed by atoms with Crippen LogP contribution in [0.15, 0.2) is 18.2 Å². The number of amides is 1. The van der Waals surface area contributed by atoms with E-state index in [1.54, 1.807) is 19.1 Å². The third-order valence-corrected chi connectivity index (χ3v) is 5.34. The number of rotatable bonds is 3. The second kappa shape index (κ2) is 6.55. The maximum absolute atomic E-state index is 14.0. The Bertz CT molecular complexity index is 545. The molecule has 0 aromatic heterocycles. The summed E-state index contributed by atoms with van der Waals surface area (Å²) in [7, 11) is 0. The van der Waals surface area contributed by atoms with Gasteiger partial charge in [0.25, 0.3) is 0 Å². The van der Waals surface area contributed by atoms with Gasteiger partial charge in [0.1, 0.15) is 5.82 Å². The zero-order valence-corrected chi connectivity index (χ0v) is 13.7. The Morgan fingerprint density at radius 3 is 2.73 bits per heavy atom. The summed E-state index contributed by atoms with van der Waals surface area (Å²) in [6.07, 6.45) is 4.28. The van der Waals surface area contributed by atoms with Gasteiger partial charge in [-0.05, 0) is 44.4 Å². The highest BCUT2D eigenvalue weighted by Crippen LogP contribution is 2.32. The zero-order chi connectivity index (χ0) is 15.7. The van der Waals surface area contributed by atoms with Crippen LogP contribution in [-0.4, -0.2) is 40.9 Å². The molecule has 22 heavy (non-hydrogen) atoms. The lowest BCUT2D eigenvalue weighted by molar-refractivity contribution is -0.130. The molecule has 2 unspecified atom stereocenters. The van der Waals surface area contributed by atoms with Crippen LogP contribution in [0.1, 0.15) is 38.2 Å². The van der Waals surface area contributed by atoms with Crippen molar-refractivity contribution in [1.82, 2.24) is 9.80 Å². The fourth-order valence-electron chi connectivity index (χ4n) is 3.95. The van der Waals surface area contributed by atoms with E-state index in [-0.39, 0.29) is 17.8 Å². The maximum atomic E-state index is 14.0. The van der Waals surface area contributed by atoms with Crippen LogP contribution in [0.4, 0.5) is 4.39 Å². The molecule has 0 spiro atoms. The van der Waals surface area contributed by atoms with Crippen LogP contribution in [0.2, 0.25) is 5.02 Å². The molecule has 1 aromatic carbocycles. The van der Waals surface area contributed by atoms with Gasteiger partial charge in [-0.2, -0.15) is 0 Å². The summed E-state index contributed by atoms with van der Waals surface area (Å²) in [4.78, 5) is 16.1. The van der Waals surface area contributed by atoms with E-state index in [1.807, 2.05) is 4.90 Å². The highest BCUT2D eigenvalue weighted by atomic mass is 35.5. The van der Waals surface area contributed by atoms with Gasteiger partial charge in [-0.25, -0.2) is 4.39 Å². The zero-order valence-electron chi connectivity index (χ0n) is 12.9. The van der Waals surface area contributed by atoms with Crippen molar-refractivity contribution in [2.24, 2.45) is 0 Å². The predicted molar refractivity (Wildman–Crippen MR) is 85.3 cm³/mol. The molecule has 3 nitrogen and oxygen atoms in total. The van der Waals surface area contributed by atoms with Crippen LogP contribution in [0, 0.1) is 5.82 Å². The van der Waals surface area contributed by atoms with Gasteiger partial charge >= 0.3 is 0 Å². The van der Waals surface area contributed by atoms with E-state index in [0.717, 1.165) is 38.8 Å². The van der Waals surface area contributed by atoms with Gasteiger partial charge in [0.15, 0.2) is 0 Å². The molecule has 120 valence electrons. The van der Waals surface area contributed by atoms with Gasteiger partial charge in [0.2, 0.25) is 5.91 Å². The lowest BCUT2D eigenvalue weighted by Crippen LogP contribution is -2.47. The molecule has 2 aliphatic rings. The van der Waals surface area contributed by atoms with Gasteiger partial charge in [-0.15, -0.1) is 0 Å². The van der Waals surface area contributed by atoms with E-state index >= 15 is 0 Å². The Kier molecular flexibility index (Phi) is 4.69. The van der Waals surface area contributed by atoms with Gasteiger partial charge in [0, 0.05) is 42.7 Å². The van der Waals surface area contributed by atoms with Crippen LogP contribution in [0.5, 0.6) is 0 Å². The van der Waals surface area contributed by atoms with Crippen molar-refractivity contribution < 1.29 is 9.18 Å². The van der Waals surface area contributed by atoms with Crippen LogP contribution >= 0.6 is 11.6 Å². The predicted octanol–water partition coefficient (Wildman–Crippen LogP) is 3.45. The molecule has 0 aliphatic carbocycles. The molecule has 1 aromatic rings. The third kappa shape index (κ3) is 2.99. The number of benzene rings is 1. The smallest absolute Gasteiger partial charge is 0.219 e. The molecule has 2 fully saturated rings. The SMILES string of the molecule is CC(=O)N1CCCC1C1CCCN1Cc1c(F)cccc1Cl. The first-order chi connectivity index (χ1) is 10.6. The molecule has 2 heterocycles. The Hall–Kier alpha value is -1.13. The quantitative estimate of drug-likeness (QED) is 0.850. The number of hydrogen-bond acceptors (Lipinski definition) is 2. The molecule has 2 saturated heterocycles. The van der Waals surface area contributed by atoms with Gasteiger partial charge < -0.3 is 4.90 Å². The fraction of sp³-hybridized carbons (Fsp3) is 0.588. The standard InChI is InChI=1S/C17H22ClFN2O/c1-12(22)21-10-4-8-17(21)16-7-3-9-20(16)11-13-14(18)5-2-6-15(13)19/h2,5-6,16-17H,3-4,7-11H2,1H3. The van der Waals surface area contributed by atoms with E-state index in [0.29, 0.717) is 23.2 Å². The molecule has 2 aliphatic heterocycles. The maximum Gasteiger partial charge on any atom is 0.219 e. The summed E-state index contributed by atoms with van der Waals surface area (Å²) in [5.41, 5.74) is 0.573. The Labute approximate surface area is 136 Å². The summed E-state index contributed by atoms with van der Waals surface area (Å²) in [5, 5.41) is 0.487. The molecular weight excluding hydrogens is 303 g/mol. The van der Waals surface area contributed by atoms with E-state index < -0.39 is 0 Å². The van der Waals surface area contributed by atoms with Gasteiger partial charge in [-0.3, -0.25) is 9.69 Å². The first kappa shape index (κ1) is 15.8. The second-order valence-corrected chi connectivity index (χ2v) is 6.71. The Morgan fingerprint density at radius 1 is 1.27 bits per heavy atom. The molecule has 2 atom stereocenters. The van der Waals surface area contributed by atoms with Crippen LogP contribution in [0.25, 0.3) is 0 Å². The molecule has 0 radical (unpaired) electrons. The van der Waals surface area contributed by atoms with Crippen molar-refractivity contribution in [3.05, 3.63) is 34.6 Å². The third-order valence-electron chi connectivity index (χ3n) is 4.98. The largest absolute Gasteiger partial charge is 0.338 e. The number of nitrogens with zero attached hydrogens (tertiary/aromatic N) is 2. The first-order valence-corrected chi connectivity index (χ1v) is 8.40. The molecular formula is C17H22ClFN2O. The lowest BCUT2D eigenvalue weighted by atomic mass is 10.0. The van der Waals surface area contributed by atoms with E-state index in [1.165, 1.54) is 6.07 Å². The van der Waals surface area contributed by atoms with Gasteiger partial charge in [0.05, 0.1) is 0 Å². The highest BCUT2D eigenvalue weighted by molar-refractivity contribution is 6.31. The van der Waals surface area contributed by atoms with E-state index in [9.17, 15) is 9.18 Å². The highest BCUT2D eigenvalue weighted by Gasteiger charge is 2.38. The van der Waals surface area contributed by atoms with E-state index in [4.69, 9.17) is 11.6 Å². The molecule has 5 heteroatoms. The Morgan fingerprint density at radius 2 is 2.00 bits per heavy atom. The number of carbonyl (C=O) groups excluding carboxylic acids is 1. The number of carbonyl (C=O) groups is 1. The van der Waals surface area contributed by atoms with E-state index in [2.05, 4.69) is 4.90 Å². The minimum atomic E-state index is -0.243. The topological polar surface area (TPSA) is 23.6 Å². The second-order valence-electron chi connectivity index (χ2n) is 6.30. The summed E-state index contributed by atoms with van der Waals surface area (Å²) in [6.45, 7) is 3.96. The summed E-state index contributed by atoms with van der Waals surface area (Å²) < 4.78 is 14.0. The minimum absolute atomic E-state index is 0.151. The fourth-order valence-corrected chi connectivity index (χ4v) is 4.18. The monoisotopic (exact) mass is 324 g/mol. The number of halogens is 2. The number of hydrogen-bond donors (Lipinski definition) is 0. The van der Waals surface area contributed by atoms with Crippen molar-refractivity contribution in [3.63, 3.8) is 0 Å². The normalized spacial score (nSPS) is 25.9. The first-order valence-electron chi connectivity index (χ1n) is 8.02. The molecule has 1 amide bonds. The van der Waals surface area contributed by atoms with Crippen molar-refractivity contribution in [2.75, 3.05) is 13.1 Å². The summed E-state index contributed by atoms with van der Waals surface area (Å²) in [6, 6.07) is 5.43. The molecule has 3 rings (SSSR count). The van der Waals surface area contributed by atoms with Crippen molar-refractivity contribution in [3.8, 4) is 0 Å². The summed E-state index contributed by atoms with van der Waals surface area (Å²) in [5.74, 6) is -0.0914. The van der Waals surface area contributed by atoms with Crippen molar-refractivity contribution in [1.29, 1.82) is 0 Å². The number of likely N-dealkylation sites (tertiary alicyclic amines) is 2. The van der Waals surface area contributed by atoms with Crippen LogP contribution in [0.3, 0.4) is 0 Å². The van der Waals surface area contributed by atoms with Crippen molar-refractivity contribution >= 4 is 17.5 Å². The van der Waals surface area contributed by atoms with Crippen LogP contribution in [-0.2, 0) is 11.3 Å². The Balaban J connectivity index is 1.77. The molecule has 0 bridgehead atoms. The summed E-state index contributed by atoms with van der Waals surface area (Å²) >= 11 is 6.16. The van der Waals surface area contributed by atoms with Gasteiger partial charge in [-0.1, -0.05) is 17.7 Å². The van der Waals surface area contributed by atoms with Crippen LogP contribution < -0.4 is 0 Å². The lowest BCUT2D eigenvalue weighted by Gasteiger charge is -2.34. The average Bonchev–Trinajstić information content (AvgIpc) is 3.11. The average molecular weight is 325 g/mol. The molecule has 0 saturated carbocycles. The molecule has 0 N–H and O–H groups in total.